The lowest BCUT2D eigenvalue weighted by atomic mass is 10.1. The zero-order valence-corrected chi connectivity index (χ0v) is 11.7. The van der Waals surface area contributed by atoms with Gasteiger partial charge in [-0.15, -0.1) is 0 Å². The largest absolute Gasteiger partial charge is 0.480 e. The van der Waals surface area contributed by atoms with E-state index in [2.05, 4.69) is 10.6 Å². The molecule has 0 fully saturated rings. The average Bonchev–Trinajstić information content (AvgIpc) is 2.30. The van der Waals surface area contributed by atoms with Crippen LogP contribution in [0, 0.1) is 6.92 Å². The van der Waals surface area contributed by atoms with Gasteiger partial charge < -0.3 is 15.7 Å². The Morgan fingerprint density at radius 2 is 1.95 bits per heavy atom. The van der Waals surface area contributed by atoms with Gasteiger partial charge in [0.15, 0.2) is 0 Å². The van der Waals surface area contributed by atoms with Gasteiger partial charge in [0, 0.05) is 5.69 Å². The Hall–Kier alpha value is -2.04. The average molecular weight is 264 g/mol. The van der Waals surface area contributed by atoms with Crippen LogP contribution in [-0.4, -0.2) is 22.6 Å². The lowest BCUT2D eigenvalue weighted by Gasteiger charge is -2.22. The van der Waals surface area contributed by atoms with Crippen LogP contribution in [0.4, 0.5) is 10.5 Å². The van der Waals surface area contributed by atoms with E-state index < -0.39 is 17.5 Å². The first-order valence-corrected chi connectivity index (χ1v) is 6.19. The number of carboxylic acids is 1. The third-order valence-corrected chi connectivity index (χ3v) is 2.94. The number of carbonyl (C=O) groups excluding carboxylic acids is 1. The van der Waals surface area contributed by atoms with E-state index in [1.54, 1.807) is 0 Å². The van der Waals surface area contributed by atoms with E-state index in [4.69, 9.17) is 5.11 Å². The van der Waals surface area contributed by atoms with Crippen molar-refractivity contribution in [3.63, 3.8) is 0 Å². The van der Waals surface area contributed by atoms with Gasteiger partial charge in [0.05, 0.1) is 0 Å². The number of aryl methyl sites for hydroxylation is 2. The maximum absolute atomic E-state index is 11.9. The zero-order valence-electron chi connectivity index (χ0n) is 11.7. The predicted octanol–water partition coefficient (Wildman–Crippen LogP) is 2.54. The van der Waals surface area contributed by atoms with Crippen LogP contribution in [0.1, 0.15) is 31.9 Å². The van der Waals surface area contributed by atoms with Crippen molar-refractivity contribution < 1.29 is 14.7 Å². The molecule has 0 aliphatic carbocycles. The molecule has 0 radical (unpaired) electrons. The topological polar surface area (TPSA) is 78.4 Å². The Bertz CT molecular complexity index is 495. The number of amides is 2. The van der Waals surface area contributed by atoms with E-state index in [1.165, 1.54) is 13.8 Å². The minimum atomic E-state index is -1.31. The van der Waals surface area contributed by atoms with Gasteiger partial charge in [0.25, 0.3) is 0 Å². The number of aliphatic carboxylic acids is 1. The van der Waals surface area contributed by atoms with Crippen molar-refractivity contribution in [2.75, 3.05) is 5.32 Å². The molecule has 0 spiro atoms. The van der Waals surface area contributed by atoms with Crippen LogP contribution in [-0.2, 0) is 11.2 Å². The van der Waals surface area contributed by atoms with Gasteiger partial charge in [0.2, 0.25) is 0 Å². The van der Waals surface area contributed by atoms with E-state index in [0.29, 0.717) is 0 Å². The lowest BCUT2D eigenvalue weighted by molar-refractivity contribution is -0.142. The summed E-state index contributed by atoms with van der Waals surface area (Å²) in [6.45, 7) is 6.77. The fraction of sp³-hybridized carbons (Fsp3) is 0.429. The summed E-state index contributed by atoms with van der Waals surface area (Å²) in [5.41, 5.74) is 1.40. The molecule has 1 aromatic carbocycles. The van der Waals surface area contributed by atoms with Crippen LogP contribution >= 0.6 is 0 Å². The van der Waals surface area contributed by atoms with Crippen LogP contribution in [0.3, 0.4) is 0 Å². The van der Waals surface area contributed by atoms with Crippen LogP contribution in [0.15, 0.2) is 18.2 Å². The molecule has 2 amide bonds. The molecule has 0 aromatic heterocycles. The molecule has 1 aromatic rings. The fourth-order valence-electron chi connectivity index (χ4n) is 1.68. The van der Waals surface area contributed by atoms with Crippen LogP contribution in [0.5, 0.6) is 0 Å². The summed E-state index contributed by atoms with van der Waals surface area (Å²) >= 11 is 0. The molecule has 1 rings (SSSR count). The highest BCUT2D eigenvalue weighted by Crippen LogP contribution is 2.21. The summed E-state index contributed by atoms with van der Waals surface area (Å²) < 4.78 is 0. The van der Waals surface area contributed by atoms with Crippen LogP contribution < -0.4 is 10.6 Å². The smallest absolute Gasteiger partial charge is 0.328 e. The number of rotatable bonds is 4. The number of benzene rings is 1. The van der Waals surface area contributed by atoms with Crippen molar-refractivity contribution >= 4 is 17.7 Å². The fourth-order valence-corrected chi connectivity index (χ4v) is 1.68. The van der Waals surface area contributed by atoms with E-state index in [9.17, 15) is 9.59 Å². The second-order valence-electron chi connectivity index (χ2n) is 4.97. The molecular formula is C14H20N2O3. The monoisotopic (exact) mass is 264 g/mol. The minimum absolute atomic E-state index is 0.517. The molecule has 0 heterocycles. The predicted molar refractivity (Wildman–Crippen MR) is 74.4 cm³/mol. The van der Waals surface area contributed by atoms with Gasteiger partial charge in [-0.1, -0.05) is 25.1 Å². The number of hydrogen-bond acceptors (Lipinski definition) is 2. The number of carbonyl (C=O) groups is 2. The van der Waals surface area contributed by atoms with E-state index >= 15 is 0 Å². The van der Waals surface area contributed by atoms with Crippen molar-refractivity contribution in [3.05, 3.63) is 29.3 Å². The molecule has 0 saturated heterocycles. The number of hydrogen-bond donors (Lipinski definition) is 3. The Kier molecular flexibility index (Phi) is 4.53. The maximum atomic E-state index is 11.9. The molecular weight excluding hydrogens is 244 g/mol. The molecule has 5 heteroatoms. The summed E-state index contributed by atoms with van der Waals surface area (Å²) in [7, 11) is 0. The summed E-state index contributed by atoms with van der Waals surface area (Å²) in [6, 6.07) is 5.25. The molecule has 3 N–H and O–H groups in total. The highest BCUT2D eigenvalue weighted by Gasteiger charge is 2.29. The third-order valence-electron chi connectivity index (χ3n) is 2.94. The summed E-state index contributed by atoms with van der Waals surface area (Å²) in [5, 5.41) is 14.1. The summed E-state index contributed by atoms with van der Waals surface area (Å²) in [5.74, 6) is -1.08. The standard InChI is InChI=1S/C14H20N2O3/c1-5-10-8-6-7-9(2)11(10)15-13(19)16-14(3,4)12(17)18/h6-8H,5H2,1-4H3,(H,17,18)(H2,15,16,19). The van der Waals surface area contributed by atoms with Gasteiger partial charge in [0.1, 0.15) is 5.54 Å². The number of para-hydroxylation sites is 1. The van der Waals surface area contributed by atoms with Crippen LogP contribution in [0.2, 0.25) is 0 Å². The first-order chi connectivity index (χ1) is 8.77. The van der Waals surface area contributed by atoms with Gasteiger partial charge in [-0.25, -0.2) is 9.59 Å². The highest BCUT2D eigenvalue weighted by atomic mass is 16.4. The summed E-state index contributed by atoms with van der Waals surface area (Å²) in [4.78, 5) is 22.8. The minimum Gasteiger partial charge on any atom is -0.480 e. The molecule has 0 bridgehead atoms. The third kappa shape index (κ3) is 3.71. The van der Waals surface area contributed by atoms with Gasteiger partial charge in [-0.05, 0) is 38.3 Å². The van der Waals surface area contributed by atoms with Gasteiger partial charge in [-0.2, -0.15) is 0 Å². The van der Waals surface area contributed by atoms with Gasteiger partial charge >= 0.3 is 12.0 Å². The Morgan fingerprint density at radius 3 is 2.47 bits per heavy atom. The number of nitrogens with one attached hydrogen (secondary N) is 2. The second kappa shape index (κ2) is 5.73. The van der Waals surface area contributed by atoms with Crippen molar-refractivity contribution in [2.24, 2.45) is 0 Å². The molecule has 0 saturated carbocycles. The van der Waals surface area contributed by atoms with Crippen molar-refractivity contribution in [1.82, 2.24) is 5.32 Å². The molecule has 0 aliphatic rings. The maximum Gasteiger partial charge on any atom is 0.328 e. The number of urea groups is 1. The first kappa shape index (κ1) is 15.0. The van der Waals surface area contributed by atoms with E-state index in [-0.39, 0.29) is 0 Å². The quantitative estimate of drug-likeness (QED) is 0.782. The lowest BCUT2D eigenvalue weighted by Crippen LogP contribution is -2.51. The molecule has 0 aliphatic heterocycles. The molecule has 0 atom stereocenters. The molecule has 5 nitrogen and oxygen atoms in total. The highest BCUT2D eigenvalue weighted by molar-refractivity contribution is 5.94. The number of carboxylic acid groups (broad SMARTS) is 1. The number of anilines is 1. The van der Waals surface area contributed by atoms with Crippen molar-refractivity contribution in [3.8, 4) is 0 Å². The SMILES string of the molecule is CCc1cccc(C)c1NC(=O)NC(C)(C)C(=O)O. The normalized spacial score (nSPS) is 10.9. The van der Waals surface area contributed by atoms with E-state index in [1.807, 2.05) is 32.0 Å². The molecule has 0 unspecified atom stereocenters. The van der Waals surface area contributed by atoms with Gasteiger partial charge in [-0.3, -0.25) is 0 Å². The summed E-state index contributed by atoms with van der Waals surface area (Å²) in [6.07, 6.45) is 0.791. The zero-order chi connectivity index (χ0) is 14.6. The Balaban J connectivity index is 2.86. The van der Waals surface area contributed by atoms with Crippen molar-refractivity contribution in [2.45, 2.75) is 39.7 Å². The second-order valence-corrected chi connectivity index (χ2v) is 4.97. The Morgan fingerprint density at radius 1 is 1.32 bits per heavy atom. The molecule has 104 valence electrons. The molecule has 19 heavy (non-hydrogen) atoms. The van der Waals surface area contributed by atoms with Crippen LogP contribution in [0.25, 0.3) is 0 Å². The Labute approximate surface area is 113 Å². The van der Waals surface area contributed by atoms with Crippen molar-refractivity contribution in [1.29, 1.82) is 0 Å². The van der Waals surface area contributed by atoms with E-state index in [0.717, 1.165) is 23.2 Å². The first-order valence-electron chi connectivity index (χ1n) is 6.19.